The van der Waals surface area contributed by atoms with E-state index in [-0.39, 0.29) is 5.78 Å². The van der Waals surface area contributed by atoms with Crippen molar-refractivity contribution < 1.29 is 23.9 Å². The van der Waals surface area contributed by atoms with E-state index in [1.165, 1.54) is 7.11 Å². The Balaban J connectivity index is 1.95. The molecule has 0 radical (unpaired) electrons. The molecule has 0 saturated heterocycles. The molecule has 4 rings (SSSR count). The number of Topliss-reactive ketones (excluding diaryl/α,β-unsaturated/α-hetero) is 1. The predicted octanol–water partition coefficient (Wildman–Crippen LogP) is 4.67. The van der Waals surface area contributed by atoms with E-state index in [4.69, 9.17) is 9.47 Å². The van der Waals surface area contributed by atoms with Gasteiger partial charge in [0.25, 0.3) is 0 Å². The maximum absolute atomic E-state index is 13.7. The van der Waals surface area contributed by atoms with E-state index in [0.29, 0.717) is 23.3 Å². The Morgan fingerprint density at radius 1 is 1.11 bits per heavy atom. The molecule has 2 aromatic carbocycles. The molecule has 1 aliphatic heterocycles. The quantitative estimate of drug-likeness (QED) is 0.260. The number of methoxy groups -OCH3 is 1. The molecule has 0 spiro atoms. The summed E-state index contributed by atoms with van der Waals surface area (Å²) in [4.78, 5) is 39.6. The summed E-state index contributed by atoms with van der Waals surface area (Å²) in [5, 5.41) is 0. The molecule has 28 heavy (non-hydrogen) atoms. The van der Waals surface area contributed by atoms with Crippen LogP contribution in [0.5, 0.6) is 5.75 Å². The Kier molecular flexibility index (Phi) is 4.50. The number of hydrogen-bond acceptors (Lipinski definition) is 5. The number of carbonyl (C=O) groups is 3. The first-order valence-corrected chi connectivity index (χ1v) is 10.3. The fourth-order valence-electron chi connectivity index (χ4n) is 4.71. The molecule has 1 saturated carbocycles. The molecule has 0 amide bonds. The third-order valence-corrected chi connectivity index (χ3v) is 6.95. The SMILES string of the molecule is CCC1(C(=O)c2ccc(Br)cc2)C2c3cc(Br)ccc3OC(=O)C21C(=O)OC. The predicted molar refractivity (Wildman–Crippen MR) is 108 cm³/mol. The van der Waals surface area contributed by atoms with Crippen LogP contribution in [0.1, 0.15) is 35.2 Å². The van der Waals surface area contributed by atoms with E-state index in [2.05, 4.69) is 31.9 Å². The normalized spacial score (nSPS) is 27.3. The number of fused-ring (bicyclic) bond motifs is 3. The van der Waals surface area contributed by atoms with Crippen molar-refractivity contribution in [3.63, 3.8) is 0 Å². The number of hydrogen-bond donors (Lipinski definition) is 0. The molecule has 2 aromatic rings. The Hall–Kier alpha value is -1.99. The fraction of sp³-hybridized carbons (Fsp3) is 0.286. The van der Waals surface area contributed by atoms with Gasteiger partial charge in [0.2, 0.25) is 0 Å². The number of rotatable bonds is 4. The van der Waals surface area contributed by atoms with Gasteiger partial charge in [-0.15, -0.1) is 0 Å². The van der Waals surface area contributed by atoms with Crippen molar-refractivity contribution in [3.8, 4) is 5.75 Å². The zero-order chi connectivity index (χ0) is 20.3. The van der Waals surface area contributed by atoms with Crippen LogP contribution in [0.4, 0.5) is 0 Å². The molecule has 3 unspecified atom stereocenters. The minimum Gasteiger partial charge on any atom is -0.468 e. The standard InChI is InChI=1S/C21H16Br2O5/c1-3-20(17(24)11-4-6-12(22)7-5-11)16-14-10-13(23)8-9-15(14)28-19(26)21(16,20)18(25)27-2/h4-10,16H,3H2,1-2H3. The molecule has 0 aromatic heterocycles. The number of carbonyl (C=O) groups excluding carboxylic acids is 3. The van der Waals surface area contributed by atoms with Crippen LogP contribution in [0.2, 0.25) is 0 Å². The maximum Gasteiger partial charge on any atom is 0.330 e. The number of ketones is 1. The van der Waals surface area contributed by atoms with Gasteiger partial charge in [-0.25, -0.2) is 0 Å². The van der Waals surface area contributed by atoms with Gasteiger partial charge in [-0.3, -0.25) is 14.4 Å². The van der Waals surface area contributed by atoms with Crippen LogP contribution in [0.25, 0.3) is 0 Å². The van der Waals surface area contributed by atoms with Gasteiger partial charge in [0, 0.05) is 26.0 Å². The van der Waals surface area contributed by atoms with Gasteiger partial charge in [-0.05, 0) is 36.8 Å². The average molecular weight is 508 g/mol. The third-order valence-electron chi connectivity index (χ3n) is 5.93. The van der Waals surface area contributed by atoms with Crippen molar-refractivity contribution in [3.05, 3.63) is 62.5 Å². The number of esters is 2. The van der Waals surface area contributed by atoms with E-state index >= 15 is 0 Å². The molecule has 0 bridgehead atoms. The highest BCUT2D eigenvalue weighted by molar-refractivity contribution is 9.10. The van der Waals surface area contributed by atoms with Crippen molar-refractivity contribution >= 4 is 49.6 Å². The molecule has 1 fully saturated rings. The summed E-state index contributed by atoms with van der Waals surface area (Å²) in [5.74, 6) is -1.99. The molecule has 2 aliphatic rings. The maximum atomic E-state index is 13.7. The number of benzene rings is 2. The van der Waals surface area contributed by atoms with Crippen LogP contribution < -0.4 is 4.74 Å². The van der Waals surface area contributed by atoms with Crippen LogP contribution >= 0.6 is 31.9 Å². The number of ether oxygens (including phenoxy) is 2. The molecular weight excluding hydrogens is 492 g/mol. The minimum absolute atomic E-state index is 0.261. The summed E-state index contributed by atoms with van der Waals surface area (Å²) in [5.41, 5.74) is -1.83. The molecule has 3 atom stereocenters. The smallest absolute Gasteiger partial charge is 0.330 e. The van der Waals surface area contributed by atoms with Crippen LogP contribution in [0.3, 0.4) is 0 Å². The largest absolute Gasteiger partial charge is 0.468 e. The van der Waals surface area contributed by atoms with Crippen LogP contribution in [0.15, 0.2) is 51.4 Å². The first kappa shape index (κ1) is 19.3. The molecular formula is C21H16Br2O5. The van der Waals surface area contributed by atoms with Crippen LogP contribution in [-0.4, -0.2) is 24.8 Å². The molecule has 1 heterocycles. The Bertz CT molecular complexity index is 1020. The lowest BCUT2D eigenvalue weighted by Gasteiger charge is -2.22. The van der Waals surface area contributed by atoms with Gasteiger partial charge in [-0.2, -0.15) is 0 Å². The molecule has 0 N–H and O–H groups in total. The summed E-state index contributed by atoms with van der Waals surface area (Å²) >= 11 is 6.78. The van der Waals surface area contributed by atoms with Crippen molar-refractivity contribution in [2.45, 2.75) is 19.3 Å². The molecule has 144 valence electrons. The fourth-order valence-corrected chi connectivity index (χ4v) is 5.35. The monoisotopic (exact) mass is 506 g/mol. The van der Waals surface area contributed by atoms with Gasteiger partial charge >= 0.3 is 11.9 Å². The molecule has 1 aliphatic carbocycles. The van der Waals surface area contributed by atoms with Gasteiger partial charge in [0.1, 0.15) is 5.75 Å². The van der Waals surface area contributed by atoms with Gasteiger partial charge in [0.05, 0.1) is 12.5 Å². The lowest BCUT2D eigenvalue weighted by atomic mass is 9.83. The van der Waals surface area contributed by atoms with Gasteiger partial charge in [0.15, 0.2) is 11.2 Å². The Morgan fingerprint density at radius 3 is 2.36 bits per heavy atom. The summed E-state index contributed by atoms with van der Waals surface area (Å²) in [6, 6.07) is 12.1. The highest BCUT2D eigenvalue weighted by atomic mass is 79.9. The highest BCUT2D eigenvalue weighted by Crippen LogP contribution is 2.80. The number of halogens is 2. The second-order valence-electron chi connectivity index (χ2n) is 6.97. The van der Waals surface area contributed by atoms with E-state index in [1.54, 1.807) is 42.5 Å². The van der Waals surface area contributed by atoms with E-state index in [0.717, 1.165) is 8.95 Å². The van der Waals surface area contributed by atoms with Crippen molar-refractivity contribution in [2.75, 3.05) is 7.11 Å². The lowest BCUT2D eigenvalue weighted by Crippen LogP contribution is -2.40. The van der Waals surface area contributed by atoms with Crippen molar-refractivity contribution in [1.29, 1.82) is 0 Å². The molecule has 5 nitrogen and oxygen atoms in total. The first-order valence-electron chi connectivity index (χ1n) is 8.75. The van der Waals surface area contributed by atoms with Crippen molar-refractivity contribution in [2.24, 2.45) is 10.8 Å². The summed E-state index contributed by atoms with van der Waals surface area (Å²) in [6.45, 7) is 1.81. The van der Waals surface area contributed by atoms with Crippen molar-refractivity contribution in [1.82, 2.24) is 0 Å². The topological polar surface area (TPSA) is 69.7 Å². The minimum atomic E-state index is -1.67. The van der Waals surface area contributed by atoms with Crippen LogP contribution in [0, 0.1) is 10.8 Å². The summed E-state index contributed by atoms with van der Waals surface area (Å²) in [7, 11) is 1.22. The lowest BCUT2D eigenvalue weighted by molar-refractivity contribution is -0.160. The second-order valence-corrected chi connectivity index (χ2v) is 8.80. The van der Waals surface area contributed by atoms with E-state index < -0.39 is 28.7 Å². The average Bonchev–Trinajstić information content (AvgIpc) is 3.35. The summed E-state index contributed by atoms with van der Waals surface area (Å²) < 4.78 is 12.1. The molecule has 7 heteroatoms. The summed E-state index contributed by atoms with van der Waals surface area (Å²) in [6.07, 6.45) is 0.294. The second kappa shape index (κ2) is 6.52. The highest BCUT2D eigenvalue weighted by Gasteiger charge is 2.90. The zero-order valence-electron chi connectivity index (χ0n) is 15.1. The van der Waals surface area contributed by atoms with Crippen LogP contribution in [-0.2, 0) is 14.3 Å². The van der Waals surface area contributed by atoms with Gasteiger partial charge < -0.3 is 9.47 Å². The third kappa shape index (κ3) is 2.26. The Labute approximate surface area is 178 Å². The Morgan fingerprint density at radius 2 is 1.75 bits per heavy atom. The van der Waals surface area contributed by atoms with Gasteiger partial charge in [-0.1, -0.05) is 50.9 Å². The zero-order valence-corrected chi connectivity index (χ0v) is 18.3. The van der Waals surface area contributed by atoms with E-state index in [1.807, 2.05) is 6.92 Å². The first-order chi connectivity index (χ1) is 13.3. The van der Waals surface area contributed by atoms with E-state index in [9.17, 15) is 14.4 Å².